The van der Waals surface area contributed by atoms with Gasteiger partial charge < -0.3 is 47.6 Å². The maximum absolute atomic E-state index is 12.2. The van der Waals surface area contributed by atoms with Gasteiger partial charge in [-0.1, -0.05) is 28.3 Å². The molecule has 4 aromatic carbocycles. The van der Waals surface area contributed by atoms with E-state index in [1.165, 1.54) is 31.2 Å². The van der Waals surface area contributed by atoms with E-state index in [2.05, 4.69) is 45.7 Å². The Balaban J connectivity index is -0.000000677. The van der Waals surface area contributed by atoms with Gasteiger partial charge >= 0.3 is 148 Å². The fourth-order valence-corrected chi connectivity index (χ4v) is 7.19. The Morgan fingerprint density at radius 2 is 1.14 bits per heavy atom. The summed E-state index contributed by atoms with van der Waals surface area (Å²) in [4.78, 5) is -1.72. The molecule has 0 bridgehead atoms. The van der Waals surface area contributed by atoms with Crippen LogP contribution in [0.2, 0.25) is 0 Å². The smallest absolute Gasteiger partial charge is 0.747 e. The molecule has 4 aromatic rings. The number of phenolic OH excluding ortho intramolecular Hbond substituents is 2. The number of rotatable bonds is 12. The number of phenols is 2. The fraction of sp³-hybridized carbons (Fsp3) is 0.143. The minimum absolute atomic E-state index is 0. The number of anilines is 1. The van der Waals surface area contributed by atoms with Gasteiger partial charge in [-0.15, -0.1) is 5.11 Å². The van der Waals surface area contributed by atoms with Crippen molar-refractivity contribution in [3.8, 4) is 11.5 Å². The minimum Gasteiger partial charge on any atom is -0.747 e. The first-order chi connectivity index (χ1) is 26.7. The molecule has 37 heteroatoms. The molecule has 1 radical (unpaired) electrons. The molecule has 0 aliphatic rings. The van der Waals surface area contributed by atoms with Gasteiger partial charge in [0.25, 0.3) is 0 Å². The van der Waals surface area contributed by atoms with Crippen LogP contribution in [0, 0.1) is 26.8 Å². The zero-order valence-electron chi connectivity index (χ0n) is 34.5. The van der Waals surface area contributed by atoms with Crippen molar-refractivity contribution >= 4 is 99.9 Å². The Morgan fingerprint density at radius 1 is 0.646 bits per heavy atom. The number of aromatic hydroxyl groups is 2. The van der Waals surface area contributed by atoms with Crippen molar-refractivity contribution in [3.05, 3.63) is 74.0 Å². The molecule has 0 unspecified atom stereocenters. The van der Waals surface area contributed by atoms with Crippen molar-refractivity contribution < 1.29 is 253 Å². The van der Waals surface area contributed by atoms with Crippen molar-refractivity contribution in [3.63, 3.8) is 0 Å². The monoisotopic (exact) mass is 1120 g/mol. The van der Waals surface area contributed by atoms with E-state index < -0.39 is 105 Å². The van der Waals surface area contributed by atoms with E-state index in [-0.39, 0.29) is 209 Å². The van der Waals surface area contributed by atoms with E-state index in [0.29, 0.717) is 6.07 Å². The van der Waals surface area contributed by atoms with Crippen LogP contribution in [-0.2, 0) is 77.8 Å². The van der Waals surface area contributed by atoms with E-state index >= 15 is 0 Å². The van der Waals surface area contributed by atoms with Gasteiger partial charge in [0.2, 0.25) is 20.8 Å². The molecule has 0 aromatic heterocycles. The molecular weight excluding hydrogens is 1100 g/mol. The minimum atomic E-state index is -5.31. The summed E-state index contributed by atoms with van der Waals surface area (Å²) in [7, 11) is -27.8. The summed E-state index contributed by atoms with van der Waals surface area (Å²) in [6.07, 6.45) is 0. The largest absolute Gasteiger partial charge is 1.00 e. The van der Waals surface area contributed by atoms with Crippen LogP contribution in [-0.4, -0.2) is 105 Å². The van der Waals surface area contributed by atoms with E-state index in [1.807, 2.05) is 0 Å². The molecule has 0 atom stereocenters. The van der Waals surface area contributed by atoms with Crippen molar-refractivity contribution in [2.24, 2.45) is 20.5 Å². The van der Waals surface area contributed by atoms with Gasteiger partial charge in [-0.2, -0.15) is 27.5 Å². The van der Waals surface area contributed by atoms with E-state index in [0.717, 1.165) is 18.2 Å². The molecule has 25 nitrogen and oxygen atoms in total. The molecule has 4 rings (SSSR count). The topological polar surface area (TPSA) is 439 Å². The summed E-state index contributed by atoms with van der Waals surface area (Å²) >= 11 is 0. The third-order valence-corrected chi connectivity index (χ3v) is 11.2. The SMILES string of the molecule is O=S(=O)([O-])O.O=S(=O)([O-])O.[CH2-]CS(=O)(=O)c1ccc(N=Nc2c(NCS(=O)(=O)[O-])ccc3c(O)c(N=Nc4cc(C)c(S(=O)(=O)C[CH2-])cc4O)[c-]cc23)c(S(=O)(=O)[O-])c1.[Cu].[Na+].[Na+].[Na+].[Na+].[Na+]. The van der Waals surface area contributed by atoms with Crippen LogP contribution in [0.5, 0.6) is 11.5 Å². The molecule has 0 heterocycles. The van der Waals surface area contributed by atoms with E-state index in [4.69, 9.17) is 35.0 Å². The number of hydrogen-bond acceptors (Lipinski definition) is 23. The van der Waals surface area contributed by atoms with Crippen LogP contribution in [0.4, 0.5) is 28.4 Å². The number of hydrogen-bond donors (Lipinski definition) is 5. The van der Waals surface area contributed by atoms with Crippen LogP contribution < -0.4 is 153 Å². The third kappa shape index (κ3) is 25.6. The van der Waals surface area contributed by atoms with Gasteiger partial charge in [-0.05, 0) is 42.8 Å². The zero-order valence-corrected chi connectivity index (χ0v) is 50.4. The van der Waals surface area contributed by atoms with Crippen molar-refractivity contribution in [2.45, 2.75) is 21.6 Å². The molecule has 0 amide bonds. The number of benzene rings is 4. The summed E-state index contributed by atoms with van der Waals surface area (Å²) in [5, 5.41) is 39.2. The van der Waals surface area contributed by atoms with Gasteiger partial charge in [0.05, 0.1) is 26.1 Å². The standard InChI is InChI=1S/C28H26N5O12S4.Cu.5Na.2H2O4S/c1-4-46(36,37)17-6-9-20(26(13-17)49(43,44)45)30-33-27-18-7-11-22(28(35)19(18)8-10-21(27)29-15-48(40,41)42)31-32-23-12-16(3)25(14-24(23)34)47(38,39)5-2;;;;;;;2*1-5(2,3)4/h6-10,12-14,29,34-35H,1-2,4-5,15H2,3H3,(H,40,41,42)(H,43,44,45);;;;;;;2*(H2,1,2,3,4)/q-3;;5*+1;;/p-4. The van der Waals surface area contributed by atoms with Crippen LogP contribution in [0.1, 0.15) is 5.56 Å². The van der Waals surface area contributed by atoms with E-state index in [9.17, 15) is 53.0 Å². The van der Waals surface area contributed by atoms with Crippen LogP contribution >= 0.6 is 0 Å². The average molecular weight is 1120 g/mol. The van der Waals surface area contributed by atoms with Crippen LogP contribution in [0.15, 0.2) is 83.7 Å². The second kappa shape index (κ2) is 30.6. The Morgan fingerprint density at radius 3 is 1.60 bits per heavy atom. The first-order valence-electron chi connectivity index (χ1n) is 14.7. The van der Waals surface area contributed by atoms with E-state index in [1.54, 1.807) is 0 Å². The molecule has 0 fully saturated rings. The summed E-state index contributed by atoms with van der Waals surface area (Å²) in [5.41, 5.74) is -1.23. The summed E-state index contributed by atoms with van der Waals surface area (Å²) in [5.74, 6) is -3.33. The quantitative estimate of drug-likeness (QED) is 0.0289. The predicted molar refractivity (Wildman–Crippen MR) is 198 cm³/mol. The second-order valence-electron chi connectivity index (χ2n) is 10.9. The maximum Gasteiger partial charge on any atom is 1.00 e. The molecule has 0 aliphatic carbocycles. The molecule has 0 aliphatic heterocycles. The first kappa shape index (κ1) is 74.7. The third-order valence-electron chi connectivity index (χ3n) is 6.71. The fourth-order valence-electron chi connectivity index (χ4n) is 4.27. The molecule has 337 valence electrons. The van der Waals surface area contributed by atoms with Crippen molar-refractivity contribution in [1.29, 1.82) is 0 Å². The number of sulfone groups is 2. The summed E-state index contributed by atoms with van der Waals surface area (Å²) in [6.45, 7) is 8.09. The van der Waals surface area contributed by atoms with Crippen molar-refractivity contribution in [2.75, 3.05) is 22.7 Å². The van der Waals surface area contributed by atoms with Crippen LogP contribution in [0.25, 0.3) is 10.8 Å². The average Bonchev–Trinajstić information content (AvgIpc) is 3.08. The number of aryl methyl sites for hydroxylation is 1. The predicted octanol–water partition coefficient (Wildman–Crippen LogP) is -12.7. The molecular formula is C28H26CuN5Na5O20S6-2. The van der Waals surface area contributed by atoms with Gasteiger partial charge in [0.1, 0.15) is 43.2 Å². The molecule has 0 spiro atoms. The number of nitrogens with one attached hydrogen (secondary N) is 1. The molecule has 0 saturated carbocycles. The molecule has 5 N–H and O–H groups in total. The number of fused-ring (bicyclic) bond motifs is 1. The van der Waals surface area contributed by atoms with Crippen LogP contribution in [0.3, 0.4) is 0 Å². The molecule has 65 heavy (non-hydrogen) atoms. The maximum atomic E-state index is 12.2. The van der Waals surface area contributed by atoms with Gasteiger partial charge in [-0.25, -0.2) is 50.5 Å². The number of azo groups is 2. The Hall–Kier alpha value is 0.719. The number of nitrogens with zero attached hydrogens (tertiary/aromatic N) is 4. The van der Waals surface area contributed by atoms with Gasteiger partial charge in [-0.3, -0.25) is 9.11 Å². The summed E-state index contributed by atoms with van der Waals surface area (Å²) in [6, 6.07) is 11.0. The Kier molecular flexibility index (Phi) is 35.1. The first-order valence-corrected chi connectivity index (χ1v) is 23.8. The Bertz CT molecular complexity index is 2980. The normalized spacial score (nSPS) is 11.6. The Labute approximate surface area is 495 Å². The second-order valence-corrected chi connectivity index (χ2v) is 19.5. The molecule has 0 saturated heterocycles. The zero-order chi connectivity index (χ0) is 45.5. The van der Waals surface area contributed by atoms with Gasteiger partial charge in [0, 0.05) is 34.6 Å². The van der Waals surface area contributed by atoms with Gasteiger partial charge in [0.15, 0.2) is 19.7 Å². The summed E-state index contributed by atoms with van der Waals surface area (Å²) < 4.78 is 185. The van der Waals surface area contributed by atoms with Crippen molar-refractivity contribution in [1.82, 2.24) is 0 Å².